The molecule has 2 aromatic heterocycles. The van der Waals surface area contributed by atoms with E-state index in [1.807, 2.05) is 6.20 Å². The third-order valence-electron chi connectivity index (χ3n) is 4.81. The molecule has 0 saturated heterocycles. The van der Waals surface area contributed by atoms with Gasteiger partial charge in [-0.1, -0.05) is 54.6 Å². The van der Waals surface area contributed by atoms with Crippen molar-refractivity contribution in [3.8, 4) is 0 Å². The molecular weight excluding hydrogens is 280 g/mol. The Morgan fingerprint density at radius 3 is 2.39 bits per heavy atom. The summed E-state index contributed by atoms with van der Waals surface area (Å²) in [5.41, 5.74) is 3.63. The number of nitrogens with zero attached hydrogens (tertiary/aromatic N) is 2. The van der Waals surface area contributed by atoms with E-state index in [4.69, 9.17) is 4.98 Å². The predicted octanol–water partition coefficient (Wildman–Crippen LogP) is 5.52. The lowest BCUT2D eigenvalue weighted by Gasteiger charge is -2.08. The Kier molecular flexibility index (Phi) is 2.51. The number of hydrogen-bond acceptors (Lipinski definition) is 1. The van der Waals surface area contributed by atoms with Crippen LogP contribution in [0.3, 0.4) is 0 Å². The molecule has 0 atom stereocenters. The van der Waals surface area contributed by atoms with Gasteiger partial charge in [-0.3, -0.25) is 4.98 Å². The van der Waals surface area contributed by atoms with E-state index in [1.165, 1.54) is 38.0 Å². The Morgan fingerprint density at radius 2 is 1.52 bits per heavy atom. The molecule has 0 fully saturated rings. The molecule has 0 aliphatic heterocycles. The van der Waals surface area contributed by atoms with E-state index in [9.17, 15) is 0 Å². The van der Waals surface area contributed by atoms with Crippen molar-refractivity contribution in [3.05, 3.63) is 66.9 Å². The number of aryl methyl sites for hydroxylation is 1. The van der Waals surface area contributed by atoms with Gasteiger partial charge in [0.05, 0.1) is 11.0 Å². The highest BCUT2D eigenvalue weighted by Gasteiger charge is 2.14. The number of aromatic nitrogens is 2. The summed E-state index contributed by atoms with van der Waals surface area (Å²) in [7, 11) is 0. The van der Waals surface area contributed by atoms with Crippen LogP contribution in [0.25, 0.3) is 43.5 Å². The van der Waals surface area contributed by atoms with E-state index >= 15 is 0 Å². The van der Waals surface area contributed by atoms with Crippen molar-refractivity contribution >= 4 is 43.5 Å². The zero-order chi connectivity index (χ0) is 15.4. The van der Waals surface area contributed by atoms with Crippen LogP contribution in [0, 0.1) is 0 Å². The maximum absolute atomic E-state index is 4.82. The molecule has 0 saturated carbocycles. The molecule has 5 aromatic rings. The maximum atomic E-state index is 4.82. The van der Waals surface area contributed by atoms with Crippen LogP contribution in [0.1, 0.15) is 6.92 Å². The predicted molar refractivity (Wildman–Crippen MR) is 97.9 cm³/mol. The Balaban J connectivity index is 2.10. The van der Waals surface area contributed by atoms with E-state index in [-0.39, 0.29) is 0 Å². The van der Waals surface area contributed by atoms with Crippen LogP contribution < -0.4 is 0 Å². The molecule has 0 unspecified atom stereocenters. The minimum atomic E-state index is 0.942. The molecule has 2 nitrogen and oxygen atoms in total. The number of fused-ring (bicyclic) bond motifs is 7. The molecule has 5 rings (SSSR count). The van der Waals surface area contributed by atoms with Gasteiger partial charge < -0.3 is 4.57 Å². The van der Waals surface area contributed by atoms with E-state index in [0.29, 0.717) is 0 Å². The van der Waals surface area contributed by atoms with Crippen molar-refractivity contribution in [1.82, 2.24) is 9.55 Å². The molecule has 2 heterocycles. The topological polar surface area (TPSA) is 17.8 Å². The zero-order valence-electron chi connectivity index (χ0n) is 13.0. The number of pyridine rings is 1. The van der Waals surface area contributed by atoms with Gasteiger partial charge in [-0.2, -0.15) is 0 Å². The first kappa shape index (κ1) is 12.7. The summed E-state index contributed by atoms with van der Waals surface area (Å²) >= 11 is 0. The van der Waals surface area contributed by atoms with Crippen LogP contribution >= 0.6 is 0 Å². The molecule has 0 bridgehead atoms. The quantitative estimate of drug-likeness (QED) is 0.373. The average molecular weight is 296 g/mol. The van der Waals surface area contributed by atoms with Crippen LogP contribution in [0.15, 0.2) is 66.9 Å². The number of hydrogen-bond donors (Lipinski definition) is 0. The van der Waals surface area contributed by atoms with E-state index in [1.54, 1.807) is 0 Å². The molecule has 3 aromatic carbocycles. The summed E-state index contributed by atoms with van der Waals surface area (Å²) in [5, 5.41) is 6.29. The lowest BCUT2D eigenvalue weighted by molar-refractivity contribution is 0.829. The Bertz CT molecular complexity index is 1200. The van der Waals surface area contributed by atoms with Crippen molar-refractivity contribution in [2.24, 2.45) is 0 Å². The SMILES string of the molecule is CCn1c2ccccc2c2ccc3c4ccccc4cnc3c21. The highest BCUT2D eigenvalue weighted by Crippen LogP contribution is 2.35. The monoisotopic (exact) mass is 296 g/mol. The van der Waals surface area contributed by atoms with Gasteiger partial charge in [-0.05, 0) is 18.4 Å². The van der Waals surface area contributed by atoms with Gasteiger partial charge in [-0.15, -0.1) is 0 Å². The first-order valence-electron chi connectivity index (χ1n) is 8.06. The second kappa shape index (κ2) is 4.56. The number of rotatable bonds is 1. The van der Waals surface area contributed by atoms with Crippen LogP contribution in [-0.2, 0) is 6.54 Å². The summed E-state index contributed by atoms with van der Waals surface area (Å²) in [5.74, 6) is 0. The first-order chi connectivity index (χ1) is 11.4. The highest BCUT2D eigenvalue weighted by molar-refractivity contribution is 6.20. The average Bonchev–Trinajstić information content (AvgIpc) is 2.95. The maximum Gasteiger partial charge on any atom is 0.0951 e. The standard InChI is InChI=1S/C21H16N2/c1-2-23-19-10-6-5-9-16(19)18-12-11-17-15-8-4-3-7-14(15)13-22-20(17)21(18)23/h3-13H,2H2,1H3. The molecule has 2 heteroatoms. The van der Waals surface area contributed by atoms with Crippen LogP contribution in [0.4, 0.5) is 0 Å². The van der Waals surface area contributed by atoms with Gasteiger partial charge in [0.2, 0.25) is 0 Å². The normalized spacial score (nSPS) is 11.9. The van der Waals surface area contributed by atoms with Gasteiger partial charge in [0.25, 0.3) is 0 Å². The Labute approximate surface area is 134 Å². The van der Waals surface area contributed by atoms with E-state index in [2.05, 4.69) is 72.2 Å². The molecule has 0 aliphatic carbocycles. The van der Waals surface area contributed by atoms with E-state index < -0.39 is 0 Å². The van der Waals surface area contributed by atoms with Gasteiger partial charge in [0, 0.05) is 39.8 Å². The summed E-state index contributed by atoms with van der Waals surface area (Å²) in [4.78, 5) is 4.82. The first-order valence-corrected chi connectivity index (χ1v) is 8.06. The van der Waals surface area contributed by atoms with Gasteiger partial charge in [-0.25, -0.2) is 0 Å². The van der Waals surface area contributed by atoms with Crippen molar-refractivity contribution in [2.75, 3.05) is 0 Å². The van der Waals surface area contributed by atoms with Crippen molar-refractivity contribution < 1.29 is 0 Å². The minimum absolute atomic E-state index is 0.942. The van der Waals surface area contributed by atoms with E-state index in [0.717, 1.165) is 12.1 Å². The van der Waals surface area contributed by atoms with Crippen molar-refractivity contribution in [3.63, 3.8) is 0 Å². The fourth-order valence-corrected chi connectivity index (χ4v) is 3.79. The highest BCUT2D eigenvalue weighted by atomic mass is 15.0. The third-order valence-corrected chi connectivity index (χ3v) is 4.81. The fourth-order valence-electron chi connectivity index (χ4n) is 3.79. The number of benzene rings is 3. The Morgan fingerprint density at radius 1 is 0.783 bits per heavy atom. The van der Waals surface area contributed by atoms with Crippen LogP contribution in [0.2, 0.25) is 0 Å². The number of para-hydroxylation sites is 1. The second-order valence-electron chi connectivity index (χ2n) is 5.96. The van der Waals surface area contributed by atoms with Gasteiger partial charge >= 0.3 is 0 Å². The van der Waals surface area contributed by atoms with Crippen molar-refractivity contribution in [2.45, 2.75) is 13.5 Å². The summed E-state index contributed by atoms with van der Waals surface area (Å²) in [6, 6.07) is 21.6. The van der Waals surface area contributed by atoms with Crippen LogP contribution in [0.5, 0.6) is 0 Å². The molecular formula is C21H16N2. The largest absolute Gasteiger partial charge is 0.339 e. The molecule has 110 valence electrons. The molecule has 23 heavy (non-hydrogen) atoms. The third kappa shape index (κ3) is 1.61. The van der Waals surface area contributed by atoms with Gasteiger partial charge in [0.1, 0.15) is 0 Å². The zero-order valence-corrected chi connectivity index (χ0v) is 13.0. The second-order valence-corrected chi connectivity index (χ2v) is 5.96. The minimum Gasteiger partial charge on any atom is -0.339 e. The molecule has 0 N–H and O–H groups in total. The molecule has 0 spiro atoms. The van der Waals surface area contributed by atoms with Crippen LogP contribution in [-0.4, -0.2) is 9.55 Å². The molecule has 0 aliphatic rings. The lowest BCUT2D eigenvalue weighted by atomic mass is 10.0. The smallest absolute Gasteiger partial charge is 0.0951 e. The Hall–Kier alpha value is -2.87. The van der Waals surface area contributed by atoms with Crippen molar-refractivity contribution in [1.29, 1.82) is 0 Å². The summed E-state index contributed by atoms with van der Waals surface area (Å²) in [6.07, 6.45) is 1.99. The molecule has 0 radical (unpaired) electrons. The summed E-state index contributed by atoms with van der Waals surface area (Å²) < 4.78 is 2.38. The summed E-state index contributed by atoms with van der Waals surface area (Å²) in [6.45, 7) is 3.14. The lowest BCUT2D eigenvalue weighted by Crippen LogP contribution is -1.95. The fraction of sp³-hybridized carbons (Fsp3) is 0.0952. The van der Waals surface area contributed by atoms with Gasteiger partial charge in [0.15, 0.2) is 0 Å². The molecule has 0 amide bonds.